The van der Waals surface area contributed by atoms with Crippen molar-refractivity contribution in [2.24, 2.45) is 0 Å². The molecule has 0 radical (unpaired) electrons. The maximum absolute atomic E-state index is 13.6. The highest BCUT2D eigenvalue weighted by atomic mass is 19.1. The summed E-state index contributed by atoms with van der Waals surface area (Å²) in [6.07, 6.45) is 10.5. The molecule has 0 spiro atoms. The van der Waals surface area contributed by atoms with Crippen LogP contribution >= 0.6 is 0 Å². The van der Waals surface area contributed by atoms with E-state index in [1.54, 1.807) is 0 Å². The minimum absolute atomic E-state index is 0.222. The second-order valence-electron chi connectivity index (χ2n) is 9.04. The van der Waals surface area contributed by atoms with Gasteiger partial charge in [-0.1, -0.05) is 36.4 Å². The Labute approximate surface area is 193 Å². The molecule has 2 aliphatic rings. The van der Waals surface area contributed by atoms with E-state index in [0.29, 0.717) is 12.0 Å². The third-order valence-electron chi connectivity index (χ3n) is 7.11. The van der Waals surface area contributed by atoms with E-state index in [1.807, 2.05) is 24.5 Å². The van der Waals surface area contributed by atoms with Gasteiger partial charge in [-0.05, 0) is 77.4 Å². The first kappa shape index (κ1) is 20.1. The molecule has 0 amide bonds. The molecular weight excluding hydrogens is 409 g/mol. The zero-order valence-electron chi connectivity index (χ0n) is 18.4. The number of fused-ring (bicyclic) bond motifs is 1. The molecule has 4 aromatic rings. The molecule has 3 nitrogen and oxygen atoms in total. The largest absolute Gasteiger partial charge is 0.360 e. The van der Waals surface area contributed by atoms with Crippen molar-refractivity contribution in [3.8, 4) is 22.4 Å². The lowest BCUT2D eigenvalue weighted by molar-refractivity contribution is 0.286. The van der Waals surface area contributed by atoms with Crippen LogP contribution in [0, 0.1) is 5.82 Å². The standard InChI is InChI=1S/C29H26FN3/c30-25-8-6-22(7-9-25)29-28(21-10-13-31-14-11-21)27(18-32-29)23-12-15-33-19-24(17-26(33)16-23)20-4-2-1-3-5-20/h1-11,13-14,16,18,24,26,32H,12,15,17,19H2. The first-order valence-corrected chi connectivity index (χ1v) is 11.6. The van der Waals surface area contributed by atoms with Gasteiger partial charge in [-0.15, -0.1) is 0 Å². The number of hydrogen-bond acceptors (Lipinski definition) is 2. The van der Waals surface area contributed by atoms with Crippen molar-refractivity contribution in [2.45, 2.75) is 24.8 Å². The second-order valence-corrected chi connectivity index (χ2v) is 9.04. The lowest BCUT2D eigenvalue weighted by Crippen LogP contribution is -2.32. The Bertz CT molecular complexity index is 1280. The van der Waals surface area contributed by atoms with E-state index >= 15 is 0 Å². The van der Waals surface area contributed by atoms with E-state index < -0.39 is 0 Å². The van der Waals surface area contributed by atoms with Gasteiger partial charge in [-0.25, -0.2) is 4.39 Å². The monoisotopic (exact) mass is 435 g/mol. The summed E-state index contributed by atoms with van der Waals surface area (Å²) < 4.78 is 13.6. The quantitative estimate of drug-likeness (QED) is 0.395. The molecule has 0 bridgehead atoms. The molecule has 33 heavy (non-hydrogen) atoms. The van der Waals surface area contributed by atoms with Crippen molar-refractivity contribution in [3.05, 3.63) is 108 Å². The van der Waals surface area contributed by atoms with E-state index in [-0.39, 0.29) is 5.82 Å². The molecule has 0 saturated carbocycles. The topological polar surface area (TPSA) is 31.9 Å². The first-order chi connectivity index (χ1) is 16.3. The average Bonchev–Trinajstić information content (AvgIpc) is 3.50. The van der Waals surface area contributed by atoms with Crippen LogP contribution < -0.4 is 0 Å². The number of aromatic amines is 1. The average molecular weight is 436 g/mol. The van der Waals surface area contributed by atoms with Crippen LogP contribution in [-0.4, -0.2) is 34.0 Å². The third kappa shape index (κ3) is 3.81. The molecular formula is C29H26FN3. The molecule has 164 valence electrons. The van der Waals surface area contributed by atoms with Crippen molar-refractivity contribution < 1.29 is 4.39 Å². The van der Waals surface area contributed by atoms with Crippen LogP contribution in [-0.2, 0) is 0 Å². The van der Waals surface area contributed by atoms with Crippen molar-refractivity contribution in [2.75, 3.05) is 13.1 Å². The zero-order chi connectivity index (χ0) is 22.2. The number of benzene rings is 2. The number of pyridine rings is 1. The molecule has 1 N–H and O–H groups in total. The van der Waals surface area contributed by atoms with Gasteiger partial charge < -0.3 is 4.98 Å². The van der Waals surface area contributed by atoms with Crippen LogP contribution in [0.5, 0.6) is 0 Å². The number of rotatable bonds is 4. The van der Waals surface area contributed by atoms with E-state index in [9.17, 15) is 4.39 Å². The summed E-state index contributed by atoms with van der Waals surface area (Å²) in [5, 5.41) is 0. The smallest absolute Gasteiger partial charge is 0.123 e. The Morgan fingerprint density at radius 1 is 0.909 bits per heavy atom. The fourth-order valence-corrected chi connectivity index (χ4v) is 5.47. The van der Waals surface area contributed by atoms with Gasteiger partial charge in [0.25, 0.3) is 0 Å². The molecule has 4 heterocycles. The SMILES string of the molecule is Fc1ccc(-c2[nH]cc(C3=CC4CC(c5ccccc5)CN4CC3)c2-c2ccncc2)cc1. The van der Waals surface area contributed by atoms with E-state index in [0.717, 1.165) is 42.8 Å². The van der Waals surface area contributed by atoms with Crippen LogP contribution in [0.15, 0.2) is 91.4 Å². The summed E-state index contributed by atoms with van der Waals surface area (Å²) >= 11 is 0. The Hall–Kier alpha value is -3.50. The Morgan fingerprint density at radius 2 is 1.70 bits per heavy atom. The molecule has 2 aromatic carbocycles. The molecule has 2 aliphatic heterocycles. The van der Waals surface area contributed by atoms with E-state index in [2.05, 4.69) is 69.6 Å². The summed E-state index contributed by atoms with van der Waals surface area (Å²) in [4.78, 5) is 10.3. The van der Waals surface area contributed by atoms with Crippen molar-refractivity contribution >= 4 is 5.57 Å². The fourth-order valence-electron chi connectivity index (χ4n) is 5.47. The van der Waals surface area contributed by atoms with Crippen LogP contribution in [0.4, 0.5) is 4.39 Å². The molecule has 0 aliphatic carbocycles. The molecule has 2 atom stereocenters. The molecule has 2 unspecified atom stereocenters. The zero-order valence-corrected chi connectivity index (χ0v) is 18.4. The molecule has 1 fully saturated rings. The number of halogens is 1. The lowest BCUT2D eigenvalue weighted by atomic mass is 9.90. The minimum Gasteiger partial charge on any atom is -0.360 e. The van der Waals surface area contributed by atoms with Crippen molar-refractivity contribution in [1.29, 1.82) is 0 Å². The summed E-state index contributed by atoms with van der Waals surface area (Å²) in [7, 11) is 0. The molecule has 1 saturated heterocycles. The fraction of sp³-hybridized carbons (Fsp3) is 0.207. The predicted molar refractivity (Wildman–Crippen MR) is 131 cm³/mol. The van der Waals surface area contributed by atoms with Crippen LogP contribution in [0.1, 0.15) is 29.9 Å². The first-order valence-electron chi connectivity index (χ1n) is 11.6. The third-order valence-corrected chi connectivity index (χ3v) is 7.11. The van der Waals surface area contributed by atoms with Crippen LogP contribution in [0.2, 0.25) is 0 Å². The number of hydrogen-bond donors (Lipinski definition) is 1. The van der Waals surface area contributed by atoms with Gasteiger partial charge in [-0.3, -0.25) is 9.88 Å². The number of nitrogens with zero attached hydrogens (tertiary/aromatic N) is 2. The molecule has 4 heteroatoms. The highest BCUT2D eigenvalue weighted by Crippen LogP contribution is 2.42. The summed E-state index contributed by atoms with van der Waals surface area (Å²) in [6.45, 7) is 2.20. The Kier molecular flexibility index (Phi) is 5.16. The van der Waals surface area contributed by atoms with Gasteiger partial charge in [0.05, 0.1) is 5.69 Å². The van der Waals surface area contributed by atoms with E-state index in [1.165, 1.54) is 34.4 Å². The second kappa shape index (κ2) is 8.45. The van der Waals surface area contributed by atoms with Crippen LogP contribution in [0.25, 0.3) is 28.0 Å². The summed E-state index contributed by atoms with van der Waals surface area (Å²) in [6, 6.07) is 22.2. The normalized spacial score (nSPS) is 20.5. The molecule has 2 aromatic heterocycles. The number of nitrogens with one attached hydrogen (secondary N) is 1. The maximum Gasteiger partial charge on any atom is 0.123 e. The summed E-state index contributed by atoms with van der Waals surface area (Å²) in [5.41, 5.74) is 8.37. The van der Waals surface area contributed by atoms with E-state index in [4.69, 9.17) is 0 Å². The van der Waals surface area contributed by atoms with Crippen molar-refractivity contribution in [3.63, 3.8) is 0 Å². The maximum atomic E-state index is 13.6. The van der Waals surface area contributed by atoms with Gasteiger partial charge in [0.2, 0.25) is 0 Å². The van der Waals surface area contributed by atoms with Gasteiger partial charge in [0.15, 0.2) is 0 Å². The number of H-pyrrole nitrogens is 1. The Balaban J connectivity index is 1.38. The highest BCUT2D eigenvalue weighted by Gasteiger charge is 2.34. The summed E-state index contributed by atoms with van der Waals surface area (Å²) in [5.74, 6) is 0.368. The molecule has 6 rings (SSSR count). The minimum atomic E-state index is -0.222. The predicted octanol–water partition coefficient (Wildman–Crippen LogP) is 6.53. The Morgan fingerprint density at radius 3 is 2.48 bits per heavy atom. The van der Waals surface area contributed by atoms with Gasteiger partial charge in [0.1, 0.15) is 5.82 Å². The van der Waals surface area contributed by atoms with Crippen molar-refractivity contribution in [1.82, 2.24) is 14.9 Å². The van der Waals surface area contributed by atoms with Gasteiger partial charge in [0, 0.05) is 48.8 Å². The van der Waals surface area contributed by atoms with Gasteiger partial charge in [-0.2, -0.15) is 0 Å². The lowest BCUT2D eigenvalue weighted by Gasteiger charge is -2.28. The highest BCUT2D eigenvalue weighted by molar-refractivity contribution is 5.91. The van der Waals surface area contributed by atoms with Crippen LogP contribution in [0.3, 0.4) is 0 Å². The number of aromatic nitrogens is 2. The van der Waals surface area contributed by atoms with Gasteiger partial charge >= 0.3 is 0 Å².